The van der Waals surface area contributed by atoms with E-state index >= 15 is 0 Å². The maximum Gasteiger partial charge on any atom is 0.234 e. The summed E-state index contributed by atoms with van der Waals surface area (Å²) in [6.45, 7) is 2.00. The standard InChI is InChI=1S/C20H15FN4OS2/c1-12-2-8-15(9-3-12)24-16(26)10-27-20-19-18(22-11-23-20)17(25-28-19)13-4-6-14(21)7-5-13/h2-9,11H,10H2,1H3,(H,24,26). The molecule has 1 amide bonds. The van der Waals surface area contributed by atoms with Crippen LogP contribution in [0.4, 0.5) is 10.1 Å². The highest BCUT2D eigenvalue weighted by Crippen LogP contribution is 2.34. The molecule has 0 spiro atoms. The third-order valence-corrected chi connectivity index (χ3v) is 5.98. The van der Waals surface area contributed by atoms with Gasteiger partial charge in [0.2, 0.25) is 5.91 Å². The average molecular weight is 410 g/mol. The van der Waals surface area contributed by atoms with E-state index in [2.05, 4.69) is 19.7 Å². The van der Waals surface area contributed by atoms with Gasteiger partial charge in [-0.3, -0.25) is 4.79 Å². The fraction of sp³-hybridized carbons (Fsp3) is 0.100. The Morgan fingerprint density at radius 3 is 2.61 bits per heavy atom. The van der Waals surface area contributed by atoms with Crippen molar-refractivity contribution in [2.24, 2.45) is 0 Å². The van der Waals surface area contributed by atoms with Gasteiger partial charge in [-0.25, -0.2) is 14.4 Å². The molecule has 2 aromatic heterocycles. The molecule has 0 aliphatic carbocycles. The molecule has 5 nitrogen and oxygen atoms in total. The number of rotatable bonds is 5. The van der Waals surface area contributed by atoms with Gasteiger partial charge >= 0.3 is 0 Å². The van der Waals surface area contributed by atoms with E-state index in [1.54, 1.807) is 12.1 Å². The SMILES string of the molecule is Cc1ccc(NC(=O)CSc2ncnc3c(-c4ccc(F)cc4)nsc23)cc1. The van der Waals surface area contributed by atoms with E-state index in [-0.39, 0.29) is 17.5 Å². The summed E-state index contributed by atoms with van der Waals surface area (Å²) in [5.74, 6) is -0.179. The minimum Gasteiger partial charge on any atom is -0.325 e. The first-order valence-electron chi connectivity index (χ1n) is 8.46. The zero-order valence-electron chi connectivity index (χ0n) is 14.8. The molecule has 0 atom stereocenters. The van der Waals surface area contributed by atoms with E-state index in [1.807, 2.05) is 31.2 Å². The van der Waals surface area contributed by atoms with Gasteiger partial charge in [0.15, 0.2) is 0 Å². The number of carbonyl (C=O) groups is 1. The van der Waals surface area contributed by atoms with Crippen LogP contribution in [0, 0.1) is 12.7 Å². The summed E-state index contributed by atoms with van der Waals surface area (Å²) < 4.78 is 18.5. The zero-order chi connectivity index (χ0) is 19.5. The number of halogens is 1. The predicted molar refractivity (Wildman–Crippen MR) is 111 cm³/mol. The second-order valence-corrected chi connectivity index (χ2v) is 7.83. The number of anilines is 1. The Hall–Kier alpha value is -2.84. The summed E-state index contributed by atoms with van der Waals surface area (Å²) >= 11 is 2.61. The normalized spacial score (nSPS) is 10.9. The number of hydrogen-bond acceptors (Lipinski definition) is 6. The maximum atomic E-state index is 13.2. The lowest BCUT2D eigenvalue weighted by Gasteiger charge is -2.05. The van der Waals surface area contributed by atoms with Crippen molar-refractivity contribution in [2.45, 2.75) is 11.9 Å². The topological polar surface area (TPSA) is 67.8 Å². The second-order valence-electron chi connectivity index (χ2n) is 6.10. The van der Waals surface area contributed by atoms with Gasteiger partial charge in [-0.15, -0.1) is 0 Å². The Bertz CT molecular complexity index is 1130. The Balaban J connectivity index is 1.50. The number of nitrogens with zero attached hydrogens (tertiary/aromatic N) is 3. The number of aryl methyl sites for hydroxylation is 1. The lowest BCUT2D eigenvalue weighted by atomic mass is 10.1. The van der Waals surface area contributed by atoms with Gasteiger partial charge < -0.3 is 5.32 Å². The molecule has 0 aliphatic rings. The van der Waals surface area contributed by atoms with E-state index < -0.39 is 0 Å². The molecule has 0 radical (unpaired) electrons. The van der Waals surface area contributed by atoms with Gasteiger partial charge in [0, 0.05) is 11.3 Å². The monoisotopic (exact) mass is 410 g/mol. The van der Waals surface area contributed by atoms with Crippen molar-refractivity contribution >= 4 is 45.1 Å². The number of benzene rings is 2. The number of fused-ring (bicyclic) bond motifs is 1. The van der Waals surface area contributed by atoms with Crippen LogP contribution in [0.2, 0.25) is 0 Å². The first kappa shape index (κ1) is 18.5. The Morgan fingerprint density at radius 1 is 1.11 bits per heavy atom. The van der Waals surface area contributed by atoms with E-state index in [0.717, 1.165) is 21.5 Å². The summed E-state index contributed by atoms with van der Waals surface area (Å²) in [6.07, 6.45) is 1.46. The van der Waals surface area contributed by atoms with Crippen molar-refractivity contribution in [3.05, 3.63) is 66.2 Å². The maximum absolute atomic E-state index is 13.2. The Labute approximate surface area is 169 Å². The van der Waals surface area contributed by atoms with Gasteiger partial charge in [0.05, 0.1) is 5.75 Å². The predicted octanol–water partition coefficient (Wildman–Crippen LogP) is 4.93. The zero-order valence-corrected chi connectivity index (χ0v) is 16.5. The molecular formula is C20H15FN4OS2. The number of hydrogen-bond donors (Lipinski definition) is 1. The quantitative estimate of drug-likeness (QED) is 0.373. The second kappa shape index (κ2) is 8.04. The third-order valence-electron chi connectivity index (χ3n) is 4.02. The number of nitrogens with one attached hydrogen (secondary N) is 1. The highest BCUT2D eigenvalue weighted by atomic mass is 32.2. The summed E-state index contributed by atoms with van der Waals surface area (Å²) in [5, 5.41) is 3.58. The van der Waals surface area contributed by atoms with Crippen molar-refractivity contribution < 1.29 is 9.18 Å². The van der Waals surface area contributed by atoms with Crippen LogP contribution in [0.15, 0.2) is 59.9 Å². The Morgan fingerprint density at radius 2 is 1.86 bits per heavy atom. The van der Waals surface area contributed by atoms with Crippen LogP contribution in [-0.4, -0.2) is 26.0 Å². The van der Waals surface area contributed by atoms with Crippen LogP contribution in [0.1, 0.15) is 5.56 Å². The van der Waals surface area contributed by atoms with Crippen molar-refractivity contribution in [3.63, 3.8) is 0 Å². The average Bonchev–Trinajstić information content (AvgIpc) is 3.13. The highest BCUT2D eigenvalue weighted by molar-refractivity contribution is 8.00. The van der Waals surface area contributed by atoms with E-state index in [9.17, 15) is 9.18 Å². The number of carbonyl (C=O) groups excluding carboxylic acids is 1. The van der Waals surface area contributed by atoms with Crippen LogP contribution in [0.3, 0.4) is 0 Å². The highest BCUT2D eigenvalue weighted by Gasteiger charge is 2.15. The van der Waals surface area contributed by atoms with Crippen LogP contribution < -0.4 is 5.32 Å². The van der Waals surface area contributed by atoms with Gasteiger partial charge in [-0.1, -0.05) is 29.5 Å². The lowest BCUT2D eigenvalue weighted by molar-refractivity contribution is -0.113. The van der Waals surface area contributed by atoms with Crippen LogP contribution in [0.5, 0.6) is 0 Å². The Kier molecular flexibility index (Phi) is 5.31. The molecule has 2 heterocycles. The van der Waals surface area contributed by atoms with Gasteiger partial charge in [-0.2, -0.15) is 4.37 Å². The number of aromatic nitrogens is 3. The summed E-state index contributed by atoms with van der Waals surface area (Å²) in [4.78, 5) is 20.9. The molecule has 0 saturated heterocycles. The van der Waals surface area contributed by atoms with Crippen LogP contribution in [-0.2, 0) is 4.79 Å². The molecule has 4 rings (SSSR count). The van der Waals surface area contributed by atoms with Crippen molar-refractivity contribution in [1.29, 1.82) is 0 Å². The van der Waals surface area contributed by atoms with Gasteiger partial charge in [0.25, 0.3) is 0 Å². The molecular weight excluding hydrogens is 395 g/mol. The molecule has 0 aliphatic heterocycles. The molecule has 140 valence electrons. The minimum absolute atomic E-state index is 0.108. The van der Waals surface area contributed by atoms with Crippen LogP contribution >= 0.6 is 23.3 Å². The first-order valence-corrected chi connectivity index (χ1v) is 10.2. The molecule has 0 saturated carbocycles. The van der Waals surface area contributed by atoms with Crippen LogP contribution in [0.25, 0.3) is 21.5 Å². The molecule has 0 unspecified atom stereocenters. The molecule has 28 heavy (non-hydrogen) atoms. The van der Waals surface area contributed by atoms with E-state index in [1.165, 1.54) is 41.8 Å². The summed E-state index contributed by atoms with van der Waals surface area (Å²) in [6, 6.07) is 13.8. The molecule has 2 aromatic carbocycles. The number of thioether (sulfide) groups is 1. The molecule has 4 aromatic rings. The smallest absolute Gasteiger partial charge is 0.234 e. The largest absolute Gasteiger partial charge is 0.325 e. The molecule has 1 N–H and O–H groups in total. The lowest BCUT2D eigenvalue weighted by Crippen LogP contribution is -2.14. The summed E-state index contributed by atoms with van der Waals surface area (Å²) in [5.41, 5.74) is 4.08. The molecule has 0 bridgehead atoms. The molecule has 8 heteroatoms. The van der Waals surface area contributed by atoms with Crippen molar-refractivity contribution in [1.82, 2.24) is 14.3 Å². The minimum atomic E-state index is -0.297. The van der Waals surface area contributed by atoms with Crippen molar-refractivity contribution in [3.8, 4) is 11.3 Å². The first-order chi connectivity index (χ1) is 13.6. The fourth-order valence-corrected chi connectivity index (χ4v) is 4.33. The molecule has 0 fully saturated rings. The van der Waals surface area contributed by atoms with E-state index in [0.29, 0.717) is 16.2 Å². The van der Waals surface area contributed by atoms with Gasteiger partial charge in [-0.05, 0) is 54.9 Å². The fourth-order valence-electron chi connectivity index (χ4n) is 2.61. The summed E-state index contributed by atoms with van der Waals surface area (Å²) in [7, 11) is 0. The van der Waals surface area contributed by atoms with E-state index in [4.69, 9.17) is 0 Å². The number of amides is 1. The van der Waals surface area contributed by atoms with Crippen molar-refractivity contribution in [2.75, 3.05) is 11.1 Å². The third kappa shape index (κ3) is 4.02. The van der Waals surface area contributed by atoms with Gasteiger partial charge in [0.1, 0.15) is 33.1 Å².